The zero-order chi connectivity index (χ0) is 19.7. The average molecular weight is 488 g/mol. The molecule has 0 aromatic heterocycles. The van der Waals surface area contributed by atoms with Crippen LogP contribution in [0.15, 0.2) is 42.5 Å². The number of carbonyl (C=O) groups excluding carboxylic acids is 1. The molecule has 0 saturated carbocycles. The van der Waals surface area contributed by atoms with Gasteiger partial charge in [0.25, 0.3) is 5.91 Å². The molecule has 0 fully saturated rings. The molecule has 4 heteroatoms. The molecule has 28 heavy (non-hydrogen) atoms. The lowest BCUT2D eigenvalue weighted by Gasteiger charge is -2.37. The van der Waals surface area contributed by atoms with E-state index >= 15 is 0 Å². The van der Waals surface area contributed by atoms with Crippen LogP contribution < -0.4 is 4.90 Å². The van der Waals surface area contributed by atoms with Crippen molar-refractivity contribution < 1.29 is 4.79 Å². The highest BCUT2D eigenvalue weighted by molar-refractivity contribution is 14.1. The van der Waals surface area contributed by atoms with Gasteiger partial charge in [-0.2, -0.15) is 0 Å². The van der Waals surface area contributed by atoms with Gasteiger partial charge in [0.15, 0.2) is 0 Å². The number of carbonyl (C=O) groups is 1. The van der Waals surface area contributed by atoms with Crippen molar-refractivity contribution >= 4 is 34.2 Å². The average Bonchev–Trinajstić information content (AvgIpc) is 3.09. The van der Waals surface area contributed by atoms with E-state index in [1.807, 2.05) is 35.2 Å². The first kappa shape index (κ1) is 19.9. The minimum Gasteiger partial charge on any atom is -0.307 e. The van der Waals surface area contributed by atoms with Gasteiger partial charge < -0.3 is 9.80 Å². The lowest BCUT2D eigenvalue weighted by atomic mass is 9.80. The molecule has 2 aromatic rings. The Bertz CT molecular complexity index is 845. The first-order valence-electron chi connectivity index (χ1n) is 10.6. The standard InChI is InChI=1S/C24H29IN2O/c1-3-12-26(13-4-2)19-14-18-16-27(24(28)17-8-6-5-7-9-17)22-11-10-21(25)20(15-19)23(18)22/h5-11,18-19H,3-4,12-16H2,1-2H3. The number of anilines is 1. The molecule has 2 unspecified atom stereocenters. The Balaban J connectivity index is 1.67. The van der Waals surface area contributed by atoms with Crippen LogP contribution in [0.4, 0.5) is 5.69 Å². The molecular formula is C24H29IN2O. The number of rotatable bonds is 6. The van der Waals surface area contributed by atoms with Gasteiger partial charge in [-0.1, -0.05) is 32.0 Å². The molecule has 1 heterocycles. The van der Waals surface area contributed by atoms with Crippen LogP contribution in [-0.2, 0) is 6.42 Å². The van der Waals surface area contributed by atoms with Crippen LogP contribution in [0.2, 0.25) is 0 Å². The lowest BCUT2D eigenvalue weighted by molar-refractivity contribution is 0.0986. The van der Waals surface area contributed by atoms with E-state index < -0.39 is 0 Å². The summed E-state index contributed by atoms with van der Waals surface area (Å²) in [5.41, 5.74) is 4.86. The molecule has 1 aliphatic carbocycles. The van der Waals surface area contributed by atoms with Gasteiger partial charge in [0.1, 0.15) is 0 Å². The zero-order valence-corrected chi connectivity index (χ0v) is 19.0. The molecule has 2 atom stereocenters. The Hall–Kier alpha value is -1.40. The third-order valence-electron chi connectivity index (χ3n) is 6.18. The Morgan fingerprint density at radius 1 is 1.11 bits per heavy atom. The highest BCUT2D eigenvalue weighted by atomic mass is 127. The van der Waals surface area contributed by atoms with Gasteiger partial charge in [-0.3, -0.25) is 4.79 Å². The van der Waals surface area contributed by atoms with Crippen LogP contribution in [-0.4, -0.2) is 36.5 Å². The summed E-state index contributed by atoms with van der Waals surface area (Å²) >= 11 is 2.49. The SMILES string of the molecule is CCCN(CCC)C1Cc2c(I)ccc3c2C(C1)CN3C(=O)c1ccccc1. The molecular weight excluding hydrogens is 459 g/mol. The smallest absolute Gasteiger partial charge is 0.258 e. The summed E-state index contributed by atoms with van der Waals surface area (Å²) in [6.07, 6.45) is 4.68. The minimum absolute atomic E-state index is 0.133. The fourth-order valence-corrected chi connectivity index (χ4v) is 5.72. The topological polar surface area (TPSA) is 23.6 Å². The number of halogens is 1. The molecule has 0 radical (unpaired) electrons. The first-order valence-corrected chi connectivity index (χ1v) is 11.6. The quantitative estimate of drug-likeness (QED) is 0.504. The zero-order valence-electron chi connectivity index (χ0n) is 16.8. The van der Waals surface area contributed by atoms with Crippen molar-refractivity contribution in [1.29, 1.82) is 0 Å². The Morgan fingerprint density at radius 3 is 2.50 bits per heavy atom. The third-order valence-corrected chi connectivity index (χ3v) is 7.19. The summed E-state index contributed by atoms with van der Waals surface area (Å²) in [5.74, 6) is 0.594. The van der Waals surface area contributed by atoms with Crippen molar-refractivity contribution in [3.8, 4) is 0 Å². The van der Waals surface area contributed by atoms with Crippen molar-refractivity contribution in [2.24, 2.45) is 0 Å². The van der Waals surface area contributed by atoms with Gasteiger partial charge in [-0.05, 0) is 96.8 Å². The monoisotopic (exact) mass is 488 g/mol. The Morgan fingerprint density at radius 2 is 1.82 bits per heavy atom. The number of benzene rings is 2. The number of amides is 1. The maximum atomic E-state index is 13.2. The van der Waals surface area contributed by atoms with Crippen LogP contribution in [0.25, 0.3) is 0 Å². The lowest BCUT2D eigenvalue weighted by Crippen LogP contribution is -2.42. The maximum absolute atomic E-state index is 13.2. The van der Waals surface area contributed by atoms with E-state index in [0.29, 0.717) is 12.0 Å². The predicted octanol–water partition coefficient (Wildman–Crippen LogP) is 5.47. The first-order chi connectivity index (χ1) is 13.6. The maximum Gasteiger partial charge on any atom is 0.258 e. The second-order valence-electron chi connectivity index (χ2n) is 8.07. The summed E-state index contributed by atoms with van der Waals surface area (Å²) in [7, 11) is 0. The molecule has 0 spiro atoms. The predicted molar refractivity (Wildman–Crippen MR) is 124 cm³/mol. The summed E-state index contributed by atoms with van der Waals surface area (Å²) in [6.45, 7) is 7.71. The van der Waals surface area contributed by atoms with Gasteiger partial charge in [-0.15, -0.1) is 0 Å². The highest BCUT2D eigenvalue weighted by Gasteiger charge is 2.40. The van der Waals surface area contributed by atoms with Gasteiger partial charge in [-0.25, -0.2) is 0 Å². The second kappa shape index (κ2) is 8.54. The Labute approximate surface area is 182 Å². The van der Waals surface area contributed by atoms with Crippen molar-refractivity contribution in [2.75, 3.05) is 24.5 Å². The van der Waals surface area contributed by atoms with Crippen LogP contribution in [0, 0.1) is 3.57 Å². The summed E-state index contributed by atoms with van der Waals surface area (Å²) in [4.78, 5) is 17.9. The summed E-state index contributed by atoms with van der Waals surface area (Å²) in [5, 5.41) is 0. The van der Waals surface area contributed by atoms with Crippen LogP contribution in [0.5, 0.6) is 0 Å². The number of hydrogen-bond acceptors (Lipinski definition) is 2. The van der Waals surface area contributed by atoms with Crippen molar-refractivity contribution in [1.82, 2.24) is 4.90 Å². The number of nitrogens with zero attached hydrogens (tertiary/aromatic N) is 2. The normalized spacial score (nSPS) is 20.5. The van der Waals surface area contributed by atoms with Crippen molar-refractivity contribution in [2.45, 2.75) is 51.5 Å². The van der Waals surface area contributed by atoms with E-state index in [1.165, 1.54) is 47.0 Å². The van der Waals surface area contributed by atoms with Crippen molar-refractivity contribution in [3.05, 3.63) is 62.7 Å². The minimum atomic E-state index is 0.133. The third kappa shape index (κ3) is 3.61. The number of hydrogen-bond donors (Lipinski definition) is 0. The molecule has 2 aliphatic rings. The van der Waals surface area contributed by atoms with Crippen LogP contribution in [0.3, 0.4) is 0 Å². The van der Waals surface area contributed by atoms with E-state index in [1.54, 1.807) is 0 Å². The molecule has 1 amide bonds. The van der Waals surface area contributed by atoms with E-state index in [9.17, 15) is 4.79 Å². The van der Waals surface area contributed by atoms with Crippen molar-refractivity contribution in [3.63, 3.8) is 0 Å². The fraction of sp³-hybridized carbons (Fsp3) is 0.458. The van der Waals surface area contributed by atoms with E-state index in [0.717, 1.165) is 24.2 Å². The highest BCUT2D eigenvalue weighted by Crippen LogP contribution is 2.47. The van der Waals surface area contributed by atoms with Crippen LogP contribution in [0.1, 0.15) is 60.5 Å². The van der Waals surface area contributed by atoms with Gasteiger partial charge in [0.2, 0.25) is 0 Å². The molecule has 148 valence electrons. The van der Waals surface area contributed by atoms with Gasteiger partial charge in [0, 0.05) is 33.3 Å². The second-order valence-corrected chi connectivity index (χ2v) is 9.23. The largest absolute Gasteiger partial charge is 0.307 e. The summed E-state index contributed by atoms with van der Waals surface area (Å²) in [6, 6.07) is 14.7. The molecule has 0 saturated heterocycles. The Kier molecular flexibility index (Phi) is 6.07. The molecule has 4 rings (SSSR count). The van der Waals surface area contributed by atoms with E-state index in [2.05, 4.69) is 53.5 Å². The van der Waals surface area contributed by atoms with E-state index in [4.69, 9.17) is 0 Å². The molecule has 3 nitrogen and oxygen atoms in total. The summed E-state index contributed by atoms with van der Waals surface area (Å²) < 4.78 is 1.35. The fourth-order valence-electron chi connectivity index (χ4n) is 5.03. The van der Waals surface area contributed by atoms with E-state index in [-0.39, 0.29) is 5.91 Å². The molecule has 2 aromatic carbocycles. The van der Waals surface area contributed by atoms with Gasteiger partial charge in [0.05, 0.1) is 0 Å². The molecule has 1 aliphatic heterocycles. The molecule has 0 N–H and O–H groups in total. The van der Waals surface area contributed by atoms with Gasteiger partial charge >= 0.3 is 0 Å². The molecule has 0 bridgehead atoms. The van der Waals surface area contributed by atoms with Crippen LogP contribution >= 0.6 is 22.6 Å².